The van der Waals surface area contributed by atoms with E-state index in [9.17, 15) is 9.90 Å². The predicted molar refractivity (Wildman–Crippen MR) is 130 cm³/mol. The maximum absolute atomic E-state index is 11.6. The van der Waals surface area contributed by atoms with Crippen LogP contribution in [0.2, 0.25) is 0 Å². The van der Waals surface area contributed by atoms with Gasteiger partial charge in [-0.15, -0.1) is 0 Å². The van der Waals surface area contributed by atoms with Crippen LogP contribution in [0.25, 0.3) is 0 Å². The third-order valence-corrected chi connectivity index (χ3v) is 9.24. The second kappa shape index (κ2) is 8.88. The maximum Gasteiger partial charge on any atom is 0.248 e. The molecule has 1 amide bonds. The fourth-order valence-corrected chi connectivity index (χ4v) is 7.58. The molecule has 0 saturated heterocycles. The molecule has 0 radical (unpaired) electrons. The summed E-state index contributed by atoms with van der Waals surface area (Å²) in [5.41, 5.74) is 11.5. The predicted octanol–water partition coefficient (Wildman–Crippen LogP) is 4.40. The normalized spacial score (nSPS) is 32.6. The van der Waals surface area contributed by atoms with Gasteiger partial charge in [-0.05, 0) is 115 Å². The highest BCUT2D eigenvalue weighted by Gasteiger charge is 2.57. The quantitative estimate of drug-likeness (QED) is 0.614. The lowest BCUT2D eigenvalue weighted by molar-refractivity contribution is -0.0325. The molecular weight excluding hydrogens is 410 g/mol. The Morgan fingerprint density at radius 1 is 1.15 bits per heavy atom. The number of amides is 1. The summed E-state index contributed by atoms with van der Waals surface area (Å²) in [5, 5.41) is 20.6. The zero-order valence-electron chi connectivity index (χ0n) is 19.7. The molecule has 2 aromatic rings. The molecule has 2 aromatic carbocycles. The first-order valence-electron chi connectivity index (χ1n) is 12.7. The molecule has 5 rings (SSSR count). The van der Waals surface area contributed by atoms with E-state index in [4.69, 9.17) is 10.8 Å². The van der Waals surface area contributed by atoms with E-state index in [1.807, 2.05) is 12.1 Å². The van der Waals surface area contributed by atoms with E-state index in [1.165, 1.54) is 23.1 Å². The van der Waals surface area contributed by atoms with Crippen molar-refractivity contribution in [3.8, 4) is 0 Å². The molecule has 6 atom stereocenters. The van der Waals surface area contributed by atoms with Crippen molar-refractivity contribution in [1.82, 2.24) is 0 Å². The van der Waals surface area contributed by atoms with Crippen LogP contribution in [-0.2, 0) is 19.3 Å². The standard InChI is InChI=1S/C29H37NO3/c1-29-12-11-24-23-9-7-18(5-3-13-31)14-20(23)8-10-25(24)26(29)17-22(27(29)32)16-19-4-2-6-21(15-19)28(30)33/h2,4,6-7,9,14-15,22,24-27,31-32H,3,5,8,10-13,16-17H2,1H3,(H2,30,33)/t22-,24?,25?,26?,27-,29-/m0/s1. The van der Waals surface area contributed by atoms with Crippen LogP contribution in [0.15, 0.2) is 42.5 Å². The largest absolute Gasteiger partial charge is 0.396 e. The van der Waals surface area contributed by atoms with Gasteiger partial charge in [0.1, 0.15) is 0 Å². The first kappa shape index (κ1) is 22.6. The highest BCUT2D eigenvalue weighted by molar-refractivity contribution is 5.92. The molecular formula is C29H37NO3. The van der Waals surface area contributed by atoms with Crippen molar-refractivity contribution in [3.63, 3.8) is 0 Å². The van der Waals surface area contributed by atoms with E-state index in [-0.39, 0.29) is 24.0 Å². The van der Waals surface area contributed by atoms with Crippen LogP contribution in [0, 0.1) is 23.2 Å². The molecule has 0 aliphatic heterocycles. The fraction of sp³-hybridized carbons (Fsp3) is 0.552. The first-order valence-corrected chi connectivity index (χ1v) is 12.7. The van der Waals surface area contributed by atoms with Gasteiger partial charge < -0.3 is 15.9 Å². The molecule has 3 aliphatic rings. The van der Waals surface area contributed by atoms with Gasteiger partial charge in [0.25, 0.3) is 0 Å². The molecule has 33 heavy (non-hydrogen) atoms. The molecule has 3 unspecified atom stereocenters. The Morgan fingerprint density at radius 3 is 2.79 bits per heavy atom. The molecule has 4 nitrogen and oxygen atoms in total. The van der Waals surface area contributed by atoms with Gasteiger partial charge in [0, 0.05) is 12.2 Å². The molecule has 176 valence electrons. The van der Waals surface area contributed by atoms with Crippen molar-refractivity contribution >= 4 is 5.91 Å². The fourth-order valence-electron chi connectivity index (χ4n) is 7.58. The zero-order valence-corrected chi connectivity index (χ0v) is 19.7. The highest BCUT2D eigenvalue weighted by atomic mass is 16.3. The number of fused-ring (bicyclic) bond motifs is 5. The monoisotopic (exact) mass is 447 g/mol. The molecule has 0 spiro atoms. The minimum Gasteiger partial charge on any atom is -0.396 e. The Kier molecular flexibility index (Phi) is 6.09. The van der Waals surface area contributed by atoms with Crippen LogP contribution in [0.1, 0.15) is 77.6 Å². The van der Waals surface area contributed by atoms with Gasteiger partial charge in [-0.25, -0.2) is 0 Å². The Hall–Kier alpha value is -2.17. The summed E-state index contributed by atoms with van der Waals surface area (Å²) < 4.78 is 0. The second-order valence-corrected chi connectivity index (χ2v) is 11.0. The number of nitrogens with two attached hydrogens (primary N) is 1. The lowest BCUT2D eigenvalue weighted by Crippen LogP contribution is -2.44. The Morgan fingerprint density at radius 2 is 2.00 bits per heavy atom. The molecule has 2 fully saturated rings. The van der Waals surface area contributed by atoms with E-state index in [1.54, 1.807) is 6.07 Å². The molecule has 0 bridgehead atoms. The van der Waals surface area contributed by atoms with Crippen LogP contribution in [-0.4, -0.2) is 28.8 Å². The second-order valence-electron chi connectivity index (χ2n) is 11.0. The van der Waals surface area contributed by atoms with E-state index in [0.717, 1.165) is 50.5 Å². The number of aliphatic hydroxyl groups is 2. The van der Waals surface area contributed by atoms with Gasteiger partial charge in [-0.1, -0.05) is 37.3 Å². The van der Waals surface area contributed by atoms with Gasteiger partial charge in [0.15, 0.2) is 0 Å². The minimum absolute atomic E-state index is 0.0221. The van der Waals surface area contributed by atoms with Gasteiger partial charge in [-0.3, -0.25) is 4.79 Å². The summed E-state index contributed by atoms with van der Waals surface area (Å²) in [4.78, 5) is 11.6. The average Bonchev–Trinajstić information content (AvgIpc) is 3.07. The zero-order chi connectivity index (χ0) is 23.2. The summed E-state index contributed by atoms with van der Waals surface area (Å²) in [6, 6.07) is 14.6. The smallest absolute Gasteiger partial charge is 0.248 e. The van der Waals surface area contributed by atoms with Gasteiger partial charge in [-0.2, -0.15) is 0 Å². The lowest BCUT2D eigenvalue weighted by Gasteiger charge is -2.50. The third-order valence-electron chi connectivity index (χ3n) is 9.24. The van der Waals surface area contributed by atoms with Crippen molar-refractivity contribution in [1.29, 1.82) is 0 Å². The summed E-state index contributed by atoms with van der Waals surface area (Å²) in [5.74, 6) is 1.61. The van der Waals surface area contributed by atoms with E-state index < -0.39 is 5.91 Å². The van der Waals surface area contributed by atoms with E-state index >= 15 is 0 Å². The topological polar surface area (TPSA) is 83.5 Å². The number of hydrogen-bond acceptors (Lipinski definition) is 3. The van der Waals surface area contributed by atoms with Crippen molar-refractivity contribution < 1.29 is 15.0 Å². The third kappa shape index (κ3) is 4.02. The minimum atomic E-state index is -0.396. The molecule has 3 aliphatic carbocycles. The van der Waals surface area contributed by atoms with Gasteiger partial charge >= 0.3 is 0 Å². The molecule has 0 heterocycles. The molecule has 2 saturated carbocycles. The highest BCUT2D eigenvalue weighted by Crippen LogP contribution is 2.62. The molecule has 4 heteroatoms. The van der Waals surface area contributed by atoms with Crippen molar-refractivity contribution in [3.05, 3.63) is 70.3 Å². The van der Waals surface area contributed by atoms with Crippen LogP contribution >= 0.6 is 0 Å². The van der Waals surface area contributed by atoms with Crippen LogP contribution in [0.5, 0.6) is 0 Å². The van der Waals surface area contributed by atoms with Crippen LogP contribution in [0.3, 0.4) is 0 Å². The number of benzene rings is 2. The molecule has 4 N–H and O–H groups in total. The lowest BCUT2D eigenvalue weighted by atomic mass is 9.55. The Labute approximate surface area is 197 Å². The number of primary amides is 1. The first-order chi connectivity index (χ1) is 15.9. The van der Waals surface area contributed by atoms with E-state index in [0.29, 0.717) is 23.3 Å². The van der Waals surface area contributed by atoms with Crippen LogP contribution in [0.4, 0.5) is 0 Å². The van der Waals surface area contributed by atoms with Crippen LogP contribution < -0.4 is 5.73 Å². The summed E-state index contributed by atoms with van der Waals surface area (Å²) in [6.07, 6.45) is 7.89. The summed E-state index contributed by atoms with van der Waals surface area (Å²) in [6.45, 7) is 2.57. The van der Waals surface area contributed by atoms with Crippen molar-refractivity contribution in [2.45, 2.75) is 70.3 Å². The van der Waals surface area contributed by atoms with Gasteiger partial charge in [0.05, 0.1) is 6.10 Å². The number of carbonyl (C=O) groups excluding carboxylic acids is 1. The Balaban J connectivity index is 1.36. The van der Waals surface area contributed by atoms with E-state index in [2.05, 4.69) is 31.2 Å². The SMILES string of the molecule is C[C@]12CCC3c4ccc(CCCO)cc4CCC3C1C[C@H](Cc1cccc(C(N)=O)c1)[C@@H]2O. The summed E-state index contributed by atoms with van der Waals surface area (Å²) >= 11 is 0. The number of aryl methyl sites for hydroxylation is 2. The van der Waals surface area contributed by atoms with Gasteiger partial charge in [0.2, 0.25) is 5.91 Å². The summed E-state index contributed by atoms with van der Waals surface area (Å²) in [7, 11) is 0. The number of aliphatic hydroxyl groups excluding tert-OH is 2. The number of carbonyl (C=O) groups is 1. The Bertz CT molecular complexity index is 1030. The average molecular weight is 448 g/mol. The van der Waals surface area contributed by atoms with Crippen molar-refractivity contribution in [2.24, 2.45) is 28.9 Å². The number of rotatable bonds is 6. The maximum atomic E-state index is 11.6. The van der Waals surface area contributed by atoms with Crippen molar-refractivity contribution in [2.75, 3.05) is 6.61 Å². The number of hydrogen-bond donors (Lipinski definition) is 3. The molecule has 0 aromatic heterocycles.